The Morgan fingerprint density at radius 3 is 2.95 bits per heavy atom. The first-order valence-corrected chi connectivity index (χ1v) is 6.84. The summed E-state index contributed by atoms with van der Waals surface area (Å²) >= 11 is 0. The zero-order valence-electron chi connectivity index (χ0n) is 11.7. The number of aromatic nitrogens is 2. The van der Waals surface area contributed by atoms with Crippen LogP contribution in [0.5, 0.6) is 0 Å². The third-order valence-electron chi connectivity index (χ3n) is 3.75. The predicted octanol–water partition coefficient (Wildman–Crippen LogP) is 2.10. The molecule has 1 atom stereocenters. The second-order valence-corrected chi connectivity index (χ2v) is 5.00. The van der Waals surface area contributed by atoms with Crippen molar-refractivity contribution in [2.24, 2.45) is 7.05 Å². The number of benzene rings is 1. The lowest BCUT2D eigenvalue weighted by Crippen LogP contribution is -2.20. The monoisotopic (exact) mass is 281 g/mol. The first kappa shape index (κ1) is 13.5. The summed E-state index contributed by atoms with van der Waals surface area (Å²) in [5.74, 6) is -0.540. The van der Waals surface area contributed by atoms with Crippen LogP contribution in [0.25, 0.3) is 11.0 Å². The first-order chi connectivity index (χ1) is 10.2. The highest BCUT2D eigenvalue weighted by atomic mass is 16.5. The van der Waals surface area contributed by atoms with Gasteiger partial charge in [-0.3, -0.25) is 4.79 Å². The maximum absolute atomic E-state index is 12.6. The number of hydrogen-bond acceptors (Lipinski definition) is 4. The Hall–Kier alpha value is -2.45. The molecule has 0 spiro atoms. The number of nitriles is 1. The molecule has 1 aliphatic heterocycles. The van der Waals surface area contributed by atoms with Crippen LogP contribution in [0.1, 0.15) is 18.2 Å². The fourth-order valence-corrected chi connectivity index (χ4v) is 2.59. The van der Waals surface area contributed by atoms with E-state index in [9.17, 15) is 10.1 Å². The lowest BCUT2D eigenvalue weighted by molar-refractivity contribution is -0.116. The van der Waals surface area contributed by atoms with E-state index in [1.165, 1.54) is 0 Å². The van der Waals surface area contributed by atoms with E-state index >= 15 is 0 Å². The summed E-state index contributed by atoms with van der Waals surface area (Å²) in [6.07, 6.45) is 2.32. The fraction of sp³-hybridized carbons (Fsp3) is 0.312. The molecule has 106 valence electrons. The van der Waals surface area contributed by atoms with Gasteiger partial charge in [0.1, 0.15) is 5.82 Å². The normalized spacial score (nSPS) is 16.3. The molecule has 0 aliphatic carbocycles. The summed E-state index contributed by atoms with van der Waals surface area (Å²) in [5, 5.41) is 9.45. The van der Waals surface area contributed by atoms with E-state index in [2.05, 4.69) is 11.1 Å². The standard InChI is InChI=1S/C16H15N3O2/c1-19-14-5-3-2-4-13(14)18-16(19)12(10-17)15(20)11-6-8-21-9-7-11/h2-6,12H,7-9H2,1H3/t12-/m0/s1. The number of imidazole rings is 1. The highest BCUT2D eigenvalue weighted by molar-refractivity contribution is 6.02. The average molecular weight is 281 g/mol. The minimum atomic E-state index is -0.869. The Balaban J connectivity index is 2.02. The lowest BCUT2D eigenvalue weighted by atomic mass is 9.95. The van der Waals surface area contributed by atoms with Gasteiger partial charge in [0.2, 0.25) is 0 Å². The molecule has 3 rings (SSSR count). The molecular formula is C16H15N3O2. The third kappa shape index (κ3) is 2.34. The lowest BCUT2D eigenvalue weighted by Gasteiger charge is -2.15. The highest BCUT2D eigenvalue weighted by Crippen LogP contribution is 2.25. The van der Waals surface area contributed by atoms with Crippen LogP contribution in [0.15, 0.2) is 35.9 Å². The SMILES string of the molecule is Cn1c([C@@H](C#N)C(=O)C2=CCOCC2)nc2ccccc21. The summed E-state index contributed by atoms with van der Waals surface area (Å²) < 4.78 is 7.03. The quantitative estimate of drug-likeness (QED) is 0.864. The molecule has 5 nitrogen and oxygen atoms in total. The molecule has 0 saturated heterocycles. The van der Waals surface area contributed by atoms with Crippen molar-refractivity contribution in [2.75, 3.05) is 13.2 Å². The van der Waals surface area contributed by atoms with E-state index in [-0.39, 0.29) is 5.78 Å². The number of carbonyl (C=O) groups is 1. The Morgan fingerprint density at radius 1 is 1.48 bits per heavy atom. The van der Waals surface area contributed by atoms with E-state index in [0.29, 0.717) is 31.0 Å². The molecule has 21 heavy (non-hydrogen) atoms. The number of ether oxygens (including phenoxy) is 1. The van der Waals surface area contributed by atoms with Crippen LogP contribution in [0, 0.1) is 11.3 Å². The van der Waals surface area contributed by atoms with Crippen molar-refractivity contribution in [3.05, 3.63) is 41.7 Å². The molecule has 0 unspecified atom stereocenters. The van der Waals surface area contributed by atoms with Gasteiger partial charge in [0.25, 0.3) is 0 Å². The molecule has 0 fully saturated rings. The van der Waals surface area contributed by atoms with Crippen molar-refractivity contribution in [3.63, 3.8) is 0 Å². The van der Waals surface area contributed by atoms with Crippen LogP contribution >= 0.6 is 0 Å². The smallest absolute Gasteiger partial charge is 0.183 e. The average Bonchev–Trinajstić information content (AvgIpc) is 2.86. The van der Waals surface area contributed by atoms with Crippen LogP contribution in [-0.4, -0.2) is 28.5 Å². The van der Waals surface area contributed by atoms with Gasteiger partial charge in [-0.15, -0.1) is 0 Å². The van der Waals surface area contributed by atoms with Gasteiger partial charge in [0, 0.05) is 7.05 Å². The minimum Gasteiger partial charge on any atom is -0.377 e. The Bertz CT molecular complexity index is 767. The molecule has 5 heteroatoms. The second kappa shape index (κ2) is 5.51. The van der Waals surface area contributed by atoms with Gasteiger partial charge in [-0.25, -0.2) is 4.98 Å². The highest BCUT2D eigenvalue weighted by Gasteiger charge is 2.28. The van der Waals surface area contributed by atoms with Crippen molar-refractivity contribution in [1.29, 1.82) is 5.26 Å². The van der Waals surface area contributed by atoms with Crippen molar-refractivity contribution in [3.8, 4) is 6.07 Å². The Morgan fingerprint density at radius 2 is 2.29 bits per heavy atom. The van der Waals surface area contributed by atoms with Gasteiger partial charge >= 0.3 is 0 Å². The van der Waals surface area contributed by atoms with E-state index in [0.717, 1.165) is 11.0 Å². The van der Waals surface area contributed by atoms with Gasteiger partial charge in [-0.05, 0) is 24.1 Å². The number of rotatable bonds is 3. The fourth-order valence-electron chi connectivity index (χ4n) is 2.59. The molecular weight excluding hydrogens is 266 g/mol. The zero-order chi connectivity index (χ0) is 14.8. The molecule has 1 aromatic carbocycles. The molecule has 0 N–H and O–H groups in total. The summed E-state index contributed by atoms with van der Waals surface area (Å²) in [5.41, 5.74) is 2.38. The largest absolute Gasteiger partial charge is 0.377 e. The minimum absolute atomic E-state index is 0.167. The number of Topliss-reactive ketones (excluding diaryl/α,β-unsaturated/α-hetero) is 1. The van der Waals surface area contributed by atoms with Gasteiger partial charge in [0.15, 0.2) is 11.7 Å². The van der Waals surface area contributed by atoms with Crippen LogP contribution in [0.4, 0.5) is 0 Å². The molecule has 1 aromatic heterocycles. The zero-order valence-corrected chi connectivity index (χ0v) is 11.7. The van der Waals surface area contributed by atoms with E-state index < -0.39 is 5.92 Å². The summed E-state index contributed by atoms with van der Waals surface area (Å²) in [6.45, 7) is 0.958. The topological polar surface area (TPSA) is 67.9 Å². The number of aryl methyl sites for hydroxylation is 1. The van der Waals surface area contributed by atoms with Crippen molar-refractivity contribution < 1.29 is 9.53 Å². The Labute approximate surface area is 122 Å². The first-order valence-electron chi connectivity index (χ1n) is 6.84. The summed E-state index contributed by atoms with van der Waals surface area (Å²) in [7, 11) is 1.83. The molecule has 0 amide bonds. The Kier molecular flexibility index (Phi) is 3.55. The summed E-state index contributed by atoms with van der Waals surface area (Å²) in [6, 6.07) is 9.72. The van der Waals surface area contributed by atoms with Crippen LogP contribution in [-0.2, 0) is 16.6 Å². The number of ketones is 1. The van der Waals surface area contributed by atoms with E-state index in [1.54, 1.807) is 6.08 Å². The number of para-hydroxylation sites is 2. The maximum atomic E-state index is 12.6. The maximum Gasteiger partial charge on any atom is 0.183 e. The van der Waals surface area contributed by atoms with Gasteiger partial charge in [0.05, 0.1) is 30.3 Å². The van der Waals surface area contributed by atoms with E-state index in [4.69, 9.17) is 4.74 Å². The van der Waals surface area contributed by atoms with Crippen molar-refractivity contribution in [1.82, 2.24) is 9.55 Å². The molecule has 0 saturated carbocycles. The van der Waals surface area contributed by atoms with Gasteiger partial charge < -0.3 is 9.30 Å². The third-order valence-corrected chi connectivity index (χ3v) is 3.75. The molecule has 0 radical (unpaired) electrons. The van der Waals surface area contributed by atoms with Gasteiger partial charge in [-0.2, -0.15) is 5.26 Å². The summed E-state index contributed by atoms with van der Waals surface area (Å²) in [4.78, 5) is 17.0. The molecule has 0 bridgehead atoms. The van der Waals surface area contributed by atoms with Crippen molar-refractivity contribution >= 4 is 16.8 Å². The molecule has 1 aliphatic rings. The molecule has 2 heterocycles. The van der Waals surface area contributed by atoms with Crippen LogP contribution < -0.4 is 0 Å². The number of hydrogen-bond donors (Lipinski definition) is 0. The number of fused-ring (bicyclic) bond motifs is 1. The number of nitrogens with zero attached hydrogens (tertiary/aromatic N) is 3. The second-order valence-electron chi connectivity index (χ2n) is 5.00. The molecule has 2 aromatic rings. The number of carbonyl (C=O) groups excluding carboxylic acids is 1. The predicted molar refractivity (Wildman–Crippen MR) is 77.6 cm³/mol. The van der Waals surface area contributed by atoms with Gasteiger partial charge in [-0.1, -0.05) is 18.2 Å². The van der Waals surface area contributed by atoms with Crippen LogP contribution in [0.2, 0.25) is 0 Å². The van der Waals surface area contributed by atoms with Crippen molar-refractivity contribution in [2.45, 2.75) is 12.3 Å². The van der Waals surface area contributed by atoms with E-state index in [1.807, 2.05) is 35.9 Å². The van der Waals surface area contributed by atoms with Crippen LogP contribution in [0.3, 0.4) is 0 Å².